The van der Waals surface area contributed by atoms with Gasteiger partial charge in [0.1, 0.15) is 11.5 Å². The molecule has 31 heavy (non-hydrogen) atoms. The Labute approximate surface area is 182 Å². The minimum absolute atomic E-state index is 0.205. The summed E-state index contributed by atoms with van der Waals surface area (Å²) in [6.07, 6.45) is 2.19. The van der Waals surface area contributed by atoms with Crippen LogP contribution in [0.5, 0.6) is 11.5 Å². The summed E-state index contributed by atoms with van der Waals surface area (Å²) >= 11 is 0. The molecular formula is C24H25N3O4. The molecule has 1 heterocycles. The Hall–Kier alpha value is -3.79. The van der Waals surface area contributed by atoms with Gasteiger partial charge in [-0.1, -0.05) is 6.07 Å². The van der Waals surface area contributed by atoms with Gasteiger partial charge in [0.2, 0.25) is 5.90 Å². The first kappa shape index (κ1) is 21.9. The maximum atomic E-state index is 12.4. The van der Waals surface area contributed by atoms with Crippen LogP contribution in [0.2, 0.25) is 0 Å². The van der Waals surface area contributed by atoms with Crippen molar-refractivity contribution < 1.29 is 19.0 Å². The second-order valence-corrected chi connectivity index (χ2v) is 6.97. The standard InChI is InChI=1S/C24H25N3O4/c1-5-27(10-6-9-25)19-8-7-17(16(2)11-19)14-22-24(28)31-23(26-22)18-12-20(29-3)15-21(13-18)30-4/h7-8,11-15H,5-6,10H2,1-4H3. The van der Waals surface area contributed by atoms with Gasteiger partial charge >= 0.3 is 5.97 Å². The van der Waals surface area contributed by atoms with Gasteiger partial charge in [0, 0.05) is 30.4 Å². The molecule has 2 aromatic carbocycles. The van der Waals surface area contributed by atoms with Crippen LogP contribution >= 0.6 is 0 Å². The van der Waals surface area contributed by atoms with E-state index in [0.29, 0.717) is 30.0 Å². The molecule has 3 rings (SSSR count). The van der Waals surface area contributed by atoms with Crippen molar-refractivity contribution in [1.82, 2.24) is 0 Å². The fourth-order valence-electron chi connectivity index (χ4n) is 3.28. The number of benzene rings is 2. The molecule has 1 aliphatic heterocycles. The van der Waals surface area contributed by atoms with E-state index in [2.05, 4.69) is 22.9 Å². The second kappa shape index (κ2) is 9.81. The third kappa shape index (κ3) is 5.04. The molecule has 0 aromatic heterocycles. The minimum Gasteiger partial charge on any atom is -0.497 e. The topological polar surface area (TPSA) is 84.2 Å². The Morgan fingerprint density at radius 2 is 1.87 bits per heavy atom. The number of hydrogen-bond acceptors (Lipinski definition) is 7. The molecular weight excluding hydrogens is 394 g/mol. The van der Waals surface area contributed by atoms with Crippen molar-refractivity contribution in [2.45, 2.75) is 20.3 Å². The van der Waals surface area contributed by atoms with Crippen molar-refractivity contribution in [1.29, 1.82) is 5.26 Å². The molecule has 7 nitrogen and oxygen atoms in total. The van der Waals surface area contributed by atoms with Gasteiger partial charge in [0.15, 0.2) is 5.70 Å². The molecule has 0 fully saturated rings. The lowest BCUT2D eigenvalue weighted by Crippen LogP contribution is -2.23. The summed E-state index contributed by atoms with van der Waals surface area (Å²) in [5.41, 5.74) is 3.74. The molecule has 0 saturated carbocycles. The van der Waals surface area contributed by atoms with E-state index in [1.54, 1.807) is 38.5 Å². The highest BCUT2D eigenvalue weighted by Crippen LogP contribution is 2.27. The molecule has 7 heteroatoms. The third-order valence-corrected chi connectivity index (χ3v) is 5.00. The lowest BCUT2D eigenvalue weighted by atomic mass is 10.1. The summed E-state index contributed by atoms with van der Waals surface area (Å²) in [5.74, 6) is 0.850. The van der Waals surface area contributed by atoms with Gasteiger partial charge in [-0.3, -0.25) is 0 Å². The quantitative estimate of drug-likeness (QED) is 0.473. The molecule has 2 aromatic rings. The fourth-order valence-corrected chi connectivity index (χ4v) is 3.28. The van der Waals surface area contributed by atoms with Gasteiger partial charge in [-0.15, -0.1) is 0 Å². The maximum absolute atomic E-state index is 12.4. The first-order chi connectivity index (χ1) is 15.0. The van der Waals surface area contributed by atoms with Crippen LogP contribution in [-0.2, 0) is 9.53 Å². The van der Waals surface area contributed by atoms with E-state index in [1.165, 1.54) is 0 Å². The molecule has 0 radical (unpaired) electrons. The zero-order chi connectivity index (χ0) is 22.4. The van der Waals surface area contributed by atoms with Crippen molar-refractivity contribution in [3.05, 3.63) is 58.8 Å². The van der Waals surface area contributed by atoms with Gasteiger partial charge in [0.25, 0.3) is 0 Å². The van der Waals surface area contributed by atoms with Crippen LogP contribution in [-0.4, -0.2) is 39.2 Å². The lowest BCUT2D eigenvalue weighted by Gasteiger charge is -2.22. The molecule has 0 atom stereocenters. The number of aliphatic imine (C=N–C) groups is 1. The molecule has 1 aliphatic rings. The van der Waals surface area contributed by atoms with E-state index in [9.17, 15) is 4.79 Å². The number of methoxy groups -OCH3 is 2. The monoisotopic (exact) mass is 419 g/mol. The van der Waals surface area contributed by atoms with Crippen LogP contribution in [0.25, 0.3) is 6.08 Å². The average molecular weight is 419 g/mol. The zero-order valence-corrected chi connectivity index (χ0v) is 18.1. The van der Waals surface area contributed by atoms with E-state index in [4.69, 9.17) is 19.5 Å². The molecule has 0 amide bonds. The third-order valence-electron chi connectivity index (χ3n) is 5.00. The maximum Gasteiger partial charge on any atom is 0.363 e. The molecule has 0 N–H and O–H groups in total. The van der Waals surface area contributed by atoms with E-state index in [1.807, 2.05) is 25.1 Å². The Balaban J connectivity index is 1.89. The number of aryl methyl sites for hydroxylation is 1. The average Bonchev–Trinajstić information content (AvgIpc) is 3.15. The SMILES string of the molecule is CCN(CCC#N)c1ccc(C=C2N=C(c3cc(OC)cc(OC)c3)OC2=O)c(C)c1. The Kier molecular flexibility index (Phi) is 6.93. The molecule has 0 aliphatic carbocycles. The first-order valence-corrected chi connectivity index (χ1v) is 9.97. The number of carbonyl (C=O) groups excluding carboxylic acids is 1. The van der Waals surface area contributed by atoms with Crippen molar-refractivity contribution >= 4 is 23.6 Å². The summed E-state index contributed by atoms with van der Waals surface area (Å²) < 4.78 is 15.9. The molecule has 0 unspecified atom stereocenters. The summed E-state index contributed by atoms with van der Waals surface area (Å²) in [5, 5.41) is 8.85. The second-order valence-electron chi connectivity index (χ2n) is 6.97. The fraction of sp³-hybridized carbons (Fsp3) is 0.292. The summed E-state index contributed by atoms with van der Waals surface area (Å²) in [6.45, 7) is 5.52. The highest BCUT2D eigenvalue weighted by Gasteiger charge is 2.25. The number of rotatable bonds is 8. The number of hydrogen-bond donors (Lipinski definition) is 0. The van der Waals surface area contributed by atoms with Crippen molar-refractivity contribution in [3.63, 3.8) is 0 Å². The molecule has 160 valence electrons. The van der Waals surface area contributed by atoms with E-state index < -0.39 is 5.97 Å². The molecule has 0 saturated heterocycles. The summed E-state index contributed by atoms with van der Waals surface area (Å²) in [6, 6.07) is 13.4. The van der Waals surface area contributed by atoms with E-state index in [-0.39, 0.29) is 11.6 Å². The van der Waals surface area contributed by atoms with E-state index in [0.717, 1.165) is 23.4 Å². The highest BCUT2D eigenvalue weighted by molar-refractivity contribution is 6.13. The van der Waals surface area contributed by atoms with Gasteiger partial charge in [-0.05, 0) is 55.3 Å². The highest BCUT2D eigenvalue weighted by atomic mass is 16.6. The number of carbonyl (C=O) groups is 1. The number of cyclic esters (lactones) is 1. The van der Waals surface area contributed by atoms with Gasteiger partial charge in [0.05, 0.1) is 26.7 Å². The Bertz CT molecular complexity index is 1060. The van der Waals surface area contributed by atoms with Gasteiger partial charge in [-0.2, -0.15) is 5.26 Å². The summed E-state index contributed by atoms with van der Waals surface area (Å²) in [7, 11) is 3.11. The van der Waals surface area contributed by atoms with Crippen LogP contribution in [0.4, 0.5) is 5.69 Å². The zero-order valence-electron chi connectivity index (χ0n) is 18.1. The predicted molar refractivity (Wildman–Crippen MR) is 119 cm³/mol. The number of nitrogens with zero attached hydrogens (tertiary/aromatic N) is 3. The largest absolute Gasteiger partial charge is 0.497 e. The normalized spacial score (nSPS) is 14.1. The Morgan fingerprint density at radius 3 is 2.45 bits per heavy atom. The van der Waals surface area contributed by atoms with Crippen LogP contribution in [0.3, 0.4) is 0 Å². The first-order valence-electron chi connectivity index (χ1n) is 9.97. The van der Waals surface area contributed by atoms with Gasteiger partial charge in [-0.25, -0.2) is 9.79 Å². The number of esters is 1. The van der Waals surface area contributed by atoms with Crippen molar-refractivity contribution in [2.24, 2.45) is 4.99 Å². The smallest absolute Gasteiger partial charge is 0.363 e. The van der Waals surface area contributed by atoms with E-state index >= 15 is 0 Å². The van der Waals surface area contributed by atoms with Crippen molar-refractivity contribution in [2.75, 3.05) is 32.2 Å². The van der Waals surface area contributed by atoms with Gasteiger partial charge < -0.3 is 19.1 Å². The predicted octanol–water partition coefficient (Wildman–Crippen LogP) is 4.10. The van der Waals surface area contributed by atoms with Crippen LogP contribution in [0.15, 0.2) is 47.1 Å². The Morgan fingerprint density at radius 1 is 1.16 bits per heavy atom. The number of ether oxygens (including phenoxy) is 3. The minimum atomic E-state index is -0.510. The molecule has 0 spiro atoms. The lowest BCUT2D eigenvalue weighted by molar-refractivity contribution is -0.129. The number of nitriles is 1. The van der Waals surface area contributed by atoms with Crippen molar-refractivity contribution in [3.8, 4) is 17.6 Å². The van der Waals surface area contributed by atoms with Crippen LogP contribution in [0, 0.1) is 18.3 Å². The van der Waals surface area contributed by atoms with Crippen LogP contribution < -0.4 is 14.4 Å². The van der Waals surface area contributed by atoms with Crippen LogP contribution in [0.1, 0.15) is 30.0 Å². The molecule has 0 bridgehead atoms. The number of anilines is 1. The summed E-state index contributed by atoms with van der Waals surface area (Å²) in [4.78, 5) is 18.9.